The first-order valence-electron chi connectivity index (χ1n) is 18.5. The molecule has 2 aliphatic heterocycles. The van der Waals surface area contributed by atoms with Crippen molar-refractivity contribution in [2.45, 2.75) is 113 Å². The number of aliphatic carboxylic acids is 2. The van der Waals surface area contributed by atoms with Crippen LogP contribution >= 0.6 is 0 Å². The average Bonchev–Trinajstić information content (AvgIpc) is 3.99. The second kappa shape index (κ2) is 25.6. The van der Waals surface area contributed by atoms with Crippen LogP contribution < -0.4 is 53.6 Å². The van der Waals surface area contributed by atoms with Gasteiger partial charge in [-0.05, 0) is 90.4 Å². The van der Waals surface area contributed by atoms with Gasteiger partial charge in [0, 0.05) is 25.2 Å². The van der Waals surface area contributed by atoms with Crippen LogP contribution in [0.4, 0.5) is 0 Å². The summed E-state index contributed by atoms with van der Waals surface area (Å²) < 4.78 is 0. The number of nitrogens with zero attached hydrogens (tertiary/aromatic N) is 2. The van der Waals surface area contributed by atoms with Gasteiger partial charge >= 0.3 is 17.1 Å². The third-order valence-electron chi connectivity index (χ3n) is 9.05. The molecular weight excluding hydrogens is 768 g/mol. The Bertz CT molecular complexity index is 1350. The first-order valence-corrected chi connectivity index (χ1v) is 18.5. The second-order valence-corrected chi connectivity index (χ2v) is 13.3. The Kier molecular flexibility index (Phi) is 21.8. The van der Waals surface area contributed by atoms with E-state index in [1.54, 1.807) is 12.4 Å². The normalized spacial score (nSPS) is 18.3. The molecule has 12 N–H and O–H groups in total. The van der Waals surface area contributed by atoms with Crippen LogP contribution in [-0.4, -0.2) is 118 Å². The molecule has 2 aliphatic rings. The summed E-state index contributed by atoms with van der Waals surface area (Å²) in [6.07, 6.45) is 12.5. The predicted molar refractivity (Wildman–Crippen MR) is 190 cm³/mol. The van der Waals surface area contributed by atoms with Gasteiger partial charge in [0.1, 0.15) is 12.1 Å². The number of unbranched alkanes of at least 4 members (excludes halogenated alkanes) is 2. The Labute approximate surface area is 330 Å². The predicted octanol–water partition coefficient (Wildman–Crippen LogP) is -4.90. The molecule has 20 nitrogen and oxygen atoms in total. The van der Waals surface area contributed by atoms with Crippen LogP contribution in [0.3, 0.4) is 0 Å². The number of carboxylic acid groups (broad SMARTS) is 2. The molecule has 0 bridgehead atoms. The van der Waals surface area contributed by atoms with Crippen LogP contribution in [0, 0.1) is 0 Å². The number of amides is 4. The van der Waals surface area contributed by atoms with E-state index in [0.717, 1.165) is 25.9 Å². The molecule has 6 atom stereocenters. The van der Waals surface area contributed by atoms with E-state index in [2.05, 4.69) is 51.8 Å². The largest absolute Gasteiger partial charge is 2.00 e. The third-order valence-corrected chi connectivity index (χ3v) is 9.05. The number of imidazole rings is 2. The van der Waals surface area contributed by atoms with Gasteiger partial charge in [0.2, 0.25) is 23.6 Å². The Hall–Kier alpha value is -4.40. The second-order valence-electron chi connectivity index (χ2n) is 13.3. The smallest absolute Gasteiger partial charge is 0.548 e. The summed E-state index contributed by atoms with van der Waals surface area (Å²) in [6.45, 7) is 2.39. The van der Waals surface area contributed by atoms with Gasteiger partial charge in [0.05, 0.1) is 60.1 Å². The number of carbonyl (C=O) groups excluding carboxylic acids is 6. The minimum Gasteiger partial charge on any atom is -0.548 e. The molecule has 0 saturated carbocycles. The maximum Gasteiger partial charge on any atom is 2.00 e. The van der Waals surface area contributed by atoms with E-state index in [1.165, 1.54) is 12.7 Å². The number of nitrogens with two attached hydrogens (primary N) is 2. The molecule has 0 aromatic carbocycles. The molecular formula is C34H54CuN12O8. The fraction of sp³-hybridized carbons (Fsp3) is 0.647. The number of aromatic nitrogens is 4. The van der Waals surface area contributed by atoms with Gasteiger partial charge in [-0.1, -0.05) is 0 Å². The molecule has 0 unspecified atom stereocenters. The van der Waals surface area contributed by atoms with Crippen LogP contribution in [0.15, 0.2) is 25.0 Å². The molecule has 4 heterocycles. The van der Waals surface area contributed by atoms with Crippen molar-refractivity contribution >= 4 is 35.6 Å². The summed E-state index contributed by atoms with van der Waals surface area (Å²) in [5.41, 5.74) is 12.0. The van der Waals surface area contributed by atoms with Crippen molar-refractivity contribution in [1.29, 1.82) is 0 Å². The van der Waals surface area contributed by atoms with Gasteiger partial charge in [-0.2, -0.15) is 0 Å². The van der Waals surface area contributed by atoms with Gasteiger partial charge in [-0.25, -0.2) is 9.97 Å². The first kappa shape index (κ1) is 46.8. The molecule has 4 rings (SSSR count). The van der Waals surface area contributed by atoms with Crippen LogP contribution in [0.25, 0.3) is 0 Å². The van der Waals surface area contributed by atoms with E-state index < -0.39 is 47.9 Å². The van der Waals surface area contributed by atoms with Crippen molar-refractivity contribution in [2.75, 3.05) is 26.2 Å². The number of H-pyrrole nitrogens is 2. The quantitative estimate of drug-likeness (QED) is 0.0393. The van der Waals surface area contributed by atoms with Crippen molar-refractivity contribution in [3.63, 3.8) is 0 Å². The molecule has 0 aliphatic carbocycles. The monoisotopic (exact) mass is 821 g/mol. The minimum atomic E-state index is -1.36. The van der Waals surface area contributed by atoms with E-state index in [0.29, 0.717) is 63.0 Å². The Balaban J connectivity index is 0.000000373. The molecule has 4 amide bonds. The summed E-state index contributed by atoms with van der Waals surface area (Å²) in [6, 6.07) is -4.82. The maximum absolute atomic E-state index is 12.7. The standard InChI is InChI=1S/2C17H28N6O4.Cu/c2*18-6-2-1-4-13(17(26)27)22-16(25)14(8-11-9-19-10-21-11)23-15(24)12-5-3-7-20-12;/h2*9-10,12-14,20H,1-8,18H2,(H,19,21)(H,22,25)(H,23,24)(H,26,27);/q;;+2/p-2/t2*12-,13-,14-;/m00./s1. The molecule has 309 valence electrons. The van der Waals surface area contributed by atoms with Crippen molar-refractivity contribution in [2.24, 2.45) is 11.5 Å². The summed E-state index contributed by atoms with van der Waals surface area (Å²) >= 11 is 0. The Morgan fingerprint density at radius 3 is 1.35 bits per heavy atom. The SMILES string of the molecule is NCCCC[C@H](NC(=O)[C@H](Cc1c[nH]cn1)NC(=O)[C@@H]1CCCN1)C(=O)[O-].NCCCC[C@H](NC(=O)[C@H](Cc1c[nH]cn1)NC(=O)[C@@H]1CCCN1)C(=O)[O-].[Cu+2]. The van der Waals surface area contributed by atoms with Gasteiger partial charge in [-0.3, -0.25) is 19.2 Å². The average molecular weight is 822 g/mol. The maximum atomic E-state index is 12.7. The fourth-order valence-electron chi connectivity index (χ4n) is 6.03. The zero-order valence-electron chi connectivity index (χ0n) is 30.7. The number of carbonyl (C=O) groups is 6. The van der Waals surface area contributed by atoms with E-state index in [9.17, 15) is 39.0 Å². The molecule has 21 heteroatoms. The number of rotatable bonds is 22. The van der Waals surface area contributed by atoms with Crippen molar-refractivity contribution in [1.82, 2.24) is 51.8 Å². The molecule has 2 fully saturated rings. The van der Waals surface area contributed by atoms with Crippen molar-refractivity contribution in [3.05, 3.63) is 36.4 Å². The zero-order valence-corrected chi connectivity index (χ0v) is 31.6. The van der Waals surface area contributed by atoms with E-state index in [4.69, 9.17) is 11.5 Å². The Morgan fingerprint density at radius 1 is 0.655 bits per heavy atom. The van der Waals surface area contributed by atoms with Crippen LogP contribution in [0.2, 0.25) is 0 Å². The summed E-state index contributed by atoms with van der Waals surface area (Å²) in [5.74, 6) is -4.43. The zero-order chi connectivity index (χ0) is 39.3. The van der Waals surface area contributed by atoms with E-state index >= 15 is 0 Å². The molecule has 2 aromatic rings. The Morgan fingerprint density at radius 2 is 1.05 bits per heavy atom. The van der Waals surface area contributed by atoms with Crippen LogP contribution in [-0.2, 0) is 58.7 Å². The number of hydrogen-bond donors (Lipinski definition) is 10. The number of carboxylic acids is 2. The summed E-state index contributed by atoms with van der Waals surface area (Å²) in [5, 5.41) is 39.2. The van der Waals surface area contributed by atoms with Crippen molar-refractivity contribution in [3.8, 4) is 0 Å². The number of nitrogens with one attached hydrogen (secondary N) is 8. The van der Waals surface area contributed by atoms with E-state index in [1.807, 2.05) is 0 Å². The molecule has 2 aromatic heterocycles. The van der Waals surface area contributed by atoms with Crippen LogP contribution in [0.1, 0.15) is 75.6 Å². The third kappa shape index (κ3) is 16.9. The van der Waals surface area contributed by atoms with Crippen molar-refractivity contribution < 1.29 is 56.0 Å². The molecule has 1 radical (unpaired) electrons. The van der Waals surface area contributed by atoms with Gasteiger partial charge in [0.25, 0.3) is 0 Å². The molecule has 2 saturated heterocycles. The van der Waals surface area contributed by atoms with E-state index in [-0.39, 0.29) is 66.7 Å². The summed E-state index contributed by atoms with van der Waals surface area (Å²) in [7, 11) is 0. The fourth-order valence-corrected chi connectivity index (χ4v) is 6.03. The first-order chi connectivity index (χ1) is 26.0. The molecule has 55 heavy (non-hydrogen) atoms. The number of aromatic amines is 2. The van der Waals surface area contributed by atoms with Gasteiger partial charge in [-0.15, -0.1) is 0 Å². The number of hydrogen-bond acceptors (Lipinski definition) is 14. The molecule has 0 spiro atoms. The van der Waals surface area contributed by atoms with Gasteiger partial charge < -0.3 is 73.1 Å². The topological polar surface area (TPSA) is 330 Å². The summed E-state index contributed by atoms with van der Waals surface area (Å²) in [4.78, 5) is 86.5. The van der Waals surface area contributed by atoms with Crippen LogP contribution in [0.5, 0.6) is 0 Å². The van der Waals surface area contributed by atoms with Gasteiger partial charge in [0.15, 0.2) is 0 Å². The minimum absolute atomic E-state index is 0.